The molecule has 5 nitrogen and oxygen atoms in total. The summed E-state index contributed by atoms with van der Waals surface area (Å²) in [6, 6.07) is 7.48. The summed E-state index contributed by atoms with van der Waals surface area (Å²) in [5.41, 5.74) is 2.31. The second kappa shape index (κ2) is 6.22. The van der Waals surface area contributed by atoms with Crippen LogP contribution in [0.5, 0.6) is 0 Å². The number of fused-ring (bicyclic) bond motifs is 1. The number of nitrogens with one attached hydrogen (secondary N) is 1. The largest absolute Gasteiger partial charge is 0.480 e. The summed E-state index contributed by atoms with van der Waals surface area (Å²) in [6.07, 6.45) is 5.31. The summed E-state index contributed by atoms with van der Waals surface area (Å²) >= 11 is 0. The van der Waals surface area contributed by atoms with Gasteiger partial charge in [-0.2, -0.15) is 0 Å². The number of nitrogens with zero attached hydrogens (tertiary/aromatic N) is 1. The van der Waals surface area contributed by atoms with E-state index in [9.17, 15) is 9.59 Å². The topological polar surface area (TPSA) is 73.4 Å². The molecule has 1 aromatic carbocycles. The number of carbonyl (C=O) groups is 2. The number of aryl methyl sites for hydroxylation is 1. The summed E-state index contributed by atoms with van der Waals surface area (Å²) in [6.45, 7) is 0.572. The number of likely N-dealkylation sites (tertiary alicyclic amines) is 1. The van der Waals surface area contributed by atoms with Crippen LogP contribution in [0.4, 0.5) is 0 Å². The van der Waals surface area contributed by atoms with Crippen molar-refractivity contribution in [3.05, 3.63) is 36.0 Å². The maximum atomic E-state index is 12.2. The quantitative estimate of drug-likeness (QED) is 0.891. The number of carbonyl (C=O) groups excluding carboxylic acids is 1. The highest BCUT2D eigenvalue weighted by Gasteiger charge is 2.33. The molecule has 0 aliphatic carbocycles. The fourth-order valence-electron chi connectivity index (χ4n) is 3.23. The minimum atomic E-state index is -0.887. The fourth-order valence-corrected chi connectivity index (χ4v) is 3.23. The van der Waals surface area contributed by atoms with E-state index in [4.69, 9.17) is 5.11 Å². The van der Waals surface area contributed by atoms with Crippen LogP contribution in [0.2, 0.25) is 0 Å². The van der Waals surface area contributed by atoms with Gasteiger partial charge in [0.05, 0.1) is 0 Å². The van der Waals surface area contributed by atoms with Gasteiger partial charge in [-0.25, -0.2) is 4.79 Å². The lowest BCUT2D eigenvalue weighted by atomic mass is 10.1. The predicted octanol–water partition coefficient (Wildman–Crippen LogP) is 2.57. The third-order valence-electron chi connectivity index (χ3n) is 4.37. The van der Waals surface area contributed by atoms with E-state index >= 15 is 0 Å². The molecule has 1 saturated heterocycles. The van der Waals surface area contributed by atoms with E-state index in [2.05, 4.69) is 11.1 Å². The van der Waals surface area contributed by atoms with Crippen molar-refractivity contribution < 1.29 is 14.7 Å². The van der Waals surface area contributed by atoms with Crippen molar-refractivity contribution in [3.8, 4) is 0 Å². The van der Waals surface area contributed by atoms with Gasteiger partial charge in [0.1, 0.15) is 6.04 Å². The third-order valence-corrected chi connectivity index (χ3v) is 4.37. The Balaban J connectivity index is 1.57. The molecule has 0 saturated carbocycles. The average molecular weight is 300 g/mol. The molecular weight excluding hydrogens is 280 g/mol. The lowest BCUT2D eigenvalue weighted by Crippen LogP contribution is -2.40. The van der Waals surface area contributed by atoms with Crippen molar-refractivity contribution in [2.24, 2.45) is 0 Å². The maximum absolute atomic E-state index is 12.2. The van der Waals surface area contributed by atoms with Gasteiger partial charge < -0.3 is 15.0 Å². The van der Waals surface area contributed by atoms with Gasteiger partial charge in [-0.3, -0.25) is 4.79 Å². The normalized spacial score (nSPS) is 18.0. The van der Waals surface area contributed by atoms with E-state index in [1.807, 2.05) is 24.4 Å². The van der Waals surface area contributed by atoms with Crippen LogP contribution in [0.3, 0.4) is 0 Å². The molecule has 2 heterocycles. The molecule has 0 spiro atoms. The molecule has 1 amide bonds. The van der Waals surface area contributed by atoms with E-state index < -0.39 is 12.0 Å². The number of benzene rings is 1. The van der Waals surface area contributed by atoms with Gasteiger partial charge in [0.2, 0.25) is 5.91 Å². The molecule has 0 unspecified atom stereocenters. The van der Waals surface area contributed by atoms with Crippen molar-refractivity contribution in [1.29, 1.82) is 0 Å². The number of aromatic nitrogens is 1. The first kappa shape index (κ1) is 14.6. The molecule has 0 bridgehead atoms. The number of hydrogen-bond donors (Lipinski definition) is 2. The second-order valence-corrected chi connectivity index (χ2v) is 5.80. The molecule has 1 atom stereocenters. The minimum absolute atomic E-state index is 0.0373. The van der Waals surface area contributed by atoms with E-state index in [1.165, 1.54) is 15.8 Å². The van der Waals surface area contributed by atoms with E-state index in [1.54, 1.807) is 0 Å². The van der Waals surface area contributed by atoms with Crippen molar-refractivity contribution in [3.63, 3.8) is 0 Å². The Bertz CT molecular complexity index is 692. The number of hydrogen-bond acceptors (Lipinski definition) is 2. The van der Waals surface area contributed by atoms with Crippen LogP contribution in [-0.4, -0.2) is 39.5 Å². The van der Waals surface area contributed by atoms with Crippen LogP contribution in [0.1, 0.15) is 31.2 Å². The Morgan fingerprint density at radius 2 is 2.14 bits per heavy atom. The van der Waals surface area contributed by atoms with Crippen LogP contribution in [0.25, 0.3) is 10.9 Å². The Hall–Kier alpha value is -2.30. The van der Waals surface area contributed by atoms with Gasteiger partial charge in [-0.1, -0.05) is 18.2 Å². The van der Waals surface area contributed by atoms with Crippen molar-refractivity contribution >= 4 is 22.8 Å². The molecular formula is C17H20N2O3. The third kappa shape index (κ3) is 2.84. The highest BCUT2D eigenvalue weighted by atomic mass is 16.4. The van der Waals surface area contributed by atoms with Crippen LogP contribution in [0, 0.1) is 0 Å². The van der Waals surface area contributed by atoms with Crippen LogP contribution < -0.4 is 0 Å². The number of H-pyrrole nitrogens is 1. The fraction of sp³-hybridized carbons (Fsp3) is 0.412. The highest BCUT2D eigenvalue weighted by molar-refractivity contribution is 5.85. The zero-order valence-electron chi connectivity index (χ0n) is 12.4. The number of para-hydroxylation sites is 1. The van der Waals surface area contributed by atoms with E-state index in [0.29, 0.717) is 19.4 Å². The first-order valence-corrected chi connectivity index (χ1v) is 7.74. The molecule has 2 N–H and O–H groups in total. The number of carboxylic acid groups (broad SMARTS) is 1. The molecule has 5 heteroatoms. The molecule has 1 fully saturated rings. The number of aliphatic carboxylic acids is 1. The number of amides is 1. The summed E-state index contributed by atoms with van der Waals surface area (Å²) in [5.74, 6) is -0.924. The van der Waals surface area contributed by atoms with Gasteiger partial charge in [0.15, 0.2) is 0 Å². The minimum Gasteiger partial charge on any atom is -0.480 e. The summed E-state index contributed by atoms with van der Waals surface area (Å²) in [4.78, 5) is 28.1. The molecule has 2 aromatic rings. The average Bonchev–Trinajstić information content (AvgIpc) is 3.14. The first-order chi connectivity index (χ1) is 10.7. The summed E-state index contributed by atoms with van der Waals surface area (Å²) in [5, 5.41) is 10.3. The monoisotopic (exact) mass is 300 g/mol. The van der Waals surface area contributed by atoms with Crippen molar-refractivity contribution in [2.45, 2.75) is 38.1 Å². The van der Waals surface area contributed by atoms with Gasteiger partial charge in [-0.15, -0.1) is 0 Å². The van der Waals surface area contributed by atoms with Crippen LogP contribution in [-0.2, 0) is 16.0 Å². The number of rotatable bonds is 5. The molecule has 1 aliphatic heterocycles. The molecule has 3 rings (SSSR count). The zero-order valence-corrected chi connectivity index (χ0v) is 12.4. The smallest absolute Gasteiger partial charge is 0.326 e. The number of carboxylic acids is 1. The van der Waals surface area contributed by atoms with Gasteiger partial charge in [-0.05, 0) is 37.3 Å². The second-order valence-electron chi connectivity index (χ2n) is 5.80. The summed E-state index contributed by atoms with van der Waals surface area (Å²) < 4.78 is 0. The molecule has 22 heavy (non-hydrogen) atoms. The van der Waals surface area contributed by atoms with Gasteiger partial charge >= 0.3 is 5.97 Å². The molecule has 116 valence electrons. The van der Waals surface area contributed by atoms with Gasteiger partial charge in [0, 0.05) is 30.1 Å². The van der Waals surface area contributed by atoms with Crippen molar-refractivity contribution in [1.82, 2.24) is 9.88 Å². The molecule has 0 radical (unpaired) electrons. The van der Waals surface area contributed by atoms with Crippen LogP contribution >= 0.6 is 0 Å². The highest BCUT2D eigenvalue weighted by Crippen LogP contribution is 2.21. The van der Waals surface area contributed by atoms with Gasteiger partial charge in [0.25, 0.3) is 0 Å². The maximum Gasteiger partial charge on any atom is 0.326 e. The lowest BCUT2D eigenvalue weighted by Gasteiger charge is -2.21. The van der Waals surface area contributed by atoms with E-state index in [0.717, 1.165) is 24.8 Å². The molecule has 1 aromatic heterocycles. The Morgan fingerprint density at radius 1 is 1.32 bits per heavy atom. The number of aromatic amines is 1. The Labute approximate surface area is 128 Å². The predicted molar refractivity (Wildman–Crippen MR) is 83.6 cm³/mol. The first-order valence-electron chi connectivity index (χ1n) is 7.74. The lowest BCUT2D eigenvalue weighted by molar-refractivity contribution is -0.148. The van der Waals surface area contributed by atoms with Crippen LogP contribution in [0.15, 0.2) is 30.5 Å². The Kier molecular flexibility index (Phi) is 4.13. The standard InChI is InChI=1S/C17H20N2O3/c20-16(19-10-4-8-15(19)17(21)22)9-3-5-12-11-18-14-7-2-1-6-13(12)14/h1-2,6-7,11,15,18H,3-5,8-10H2,(H,21,22)/t15-/m1/s1. The Morgan fingerprint density at radius 3 is 2.95 bits per heavy atom. The zero-order chi connectivity index (χ0) is 15.5. The molecule has 1 aliphatic rings. The van der Waals surface area contributed by atoms with Crippen molar-refractivity contribution in [2.75, 3.05) is 6.54 Å². The van der Waals surface area contributed by atoms with E-state index in [-0.39, 0.29) is 5.91 Å². The summed E-state index contributed by atoms with van der Waals surface area (Å²) in [7, 11) is 0. The SMILES string of the molecule is O=C(O)[C@H]1CCCN1C(=O)CCCc1c[nH]c2ccccc12.